The number of carbonyl (C=O) groups excluding carboxylic acids is 2. The van der Waals surface area contributed by atoms with Gasteiger partial charge in [0, 0.05) is 21.4 Å². The first-order chi connectivity index (χ1) is 14.9. The highest BCUT2D eigenvalue weighted by Gasteiger charge is 2.34. The van der Waals surface area contributed by atoms with Crippen molar-refractivity contribution in [3.63, 3.8) is 0 Å². The number of anilines is 2. The Hall–Kier alpha value is -2.97. The van der Waals surface area contributed by atoms with E-state index in [1.807, 2.05) is 0 Å². The molecule has 0 aliphatic rings. The number of carboxylic acids is 1. The first-order valence-corrected chi connectivity index (χ1v) is 10.5. The zero-order valence-electron chi connectivity index (χ0n) is 18.0. The minimum Gasteiger partial charge on any atom is -0.480 e. The predicted octanol–water partition coefficient (Wildman–Crippen LogP) is 5.02. The van der Waals surface area contributed by atoms with E-state index in [0.29, 0.717) is 27.2 Å². The molecule has 2 aromatic rings. The van der Waals surface area contributed by atoms with Crippen LogP contribution in [0.15, 0.2) is 42.5 Å². The van der Waals surface area contributed by atoms with Gasteiger partial charge in [0.1, 0.15) is 11.8 Å². The van der Waals surface area contributed by atoms with Crippen LogP contribution in [0.4, 0.5) is 16.2 Å². The third-order valence-electron chi connectivity index (χ3n) is 4.37. The molecule has 4 N–H and O–H groups in total. The molecule has 0 aliphatic heterocycles. The van der Waals surface area contributed by atoms with Crippen molar-refractivity contribution in [1.82, 2.24) is 5.32 Å². The van der Waals surface area contributed by atoms with E-state index in [9.17, 15) is 19.5 Å². The molecule has 10 heteroatoms. The van der Waals surface area contributed by atoms with Crippen LogP contribution in [-0.2, 0) is 9.59 Å². The van der Waals surface area contributed by atoms with Crippen molar-refractivity contribution in [2.45, 2.75) is 39.3 Å². The van der Waals surface area contributed by atoms with Crippen LogP contribution in [-0.4, -0.2) is 34.7 Å². The summed E-state index contributed by atoms with van der Waals surface area (Å²) < 4.78 is 5.74. The van der Waals surface area contributed by atoms with E-state index in [-0.39, 0.29) is 5.92 Å². The van der Waals surface area contributed by atoms with E-state index in [0.717, 1.165) is 0 Å². The van der Waals surface area contributed by atoms with Crippen LogP contribution in [0, 0.1) is 5.92 Å². The fraction of sp³-hybridized carbons (Fsp3) is 0.318. The molecule has 0 spiro atoms. The molecule has 0 aromatic heterocycles. The average molecular weight is 482 g/mol. The summed E-state index contributed by atoms with van der Waals surface area (Å²) in [5.74, 6) is -1.58. The number of rotatable bonds is 8. The number of ether oxygens (including phenoxy) is 1. The Morgan fingerprint density at radius 2 is 1.47 bits per heavy atom. The van der Waals surface area contributed by atoms with E-state index in [1.54, 1.807) is 56.3 Å². The molecular weight excluding hydrogens is 457 g/mol. The number of carboxylic acid groups (broad SMARTS) is 1. The first-order valence-electron chi connectivity index (χ1n) is 9.74. The van der Waals surface area contributed by atoms with Gasteiger partial charge in [0.05, 0.1) is 0 Å². The van der Waals surface area contributed by atoms with Gasteiger partial charge in [-0.3, -0.25) is 4.79 Å². The minimum atomic E-state index is -1.32. The molecule has 3 amide bonds. The van der Waals surface area contributed by atoms with Gasteiger partial charge in [-0.2, -0.15) is 0 Å². The highest BCUT2D eigenvalue weighted by molar-refractivity contribution is 6.35. The van der Waals surface area contributed by atoms with Crippen LogP contribution in [0.3, 0.4) is 0 Å². The second-order valence-electron chi connectivity index (χ2n) is 7.91. The number of halogens is 2. The Balaban J connectivity index is 1.98. The van der Waals surface area contributed by atoms with Gasteiger partial charge in [-0.1, -0.05) is 37.0 Å². The van der Waals surface area contributed by atoms with E-state index in [1.165, 1.54) is 13.8 Å². The lowest BCUT2D eigenvalue weighted by Crippen LogP contribution is -2.53. The van der Waals surface area contributed by atoms with Gasteiger partial charge in [0.25, 0.3) is 5.91 Å². The van der Waals surface area contributed by atoms with Gasteiger partial charge in [-0.05, 0) is 62.2 Å². The third-order valence-corrected chi connectivity index (χ3v) is 4.81. The lowest BCUT2D eigenvalue weighted by atomic mass is 10.0. The van der Waals surface area contributed by atoms with Crippen LogP contribution in [0.25, 0.3) is 0 Å². The summed E-state index contributed by atoms with van der Waals surface area (Å²) >= 11 is 11.8. The Bertz CT molecular complexity index is 973. The number of urea groups is 1. The summed E-state index contributed by atoms with van der Waals surface area (Å²) in [6.45, 7) is 6.49. The van der Waals surface area contributed by atoms with Crippen molar-refractivity contribution in [3.05, 3.63) is 52.5 Å². The van der Waals surface area contributed by atoms with Crippen LogP contribution in [0.5, 0.6) is 5.75 Å². The molecule has 8 nitrogen and oxygen atoms in total. The molecule has 0 fully saturated rings. The van der Waals surface area contributed by atoms with E-state index < -0.39 is 29.6 Å². The molecule has 0 saturated heterocycles. The molecule has 0 bridgehead atoms. The Morgan fingerprint density at radius 1 is 0.938 bits per heavy atom. The second kappa shape index (κ2) is 10.6. The molecule has 1 atom stereocenters. The zero-order valence-corrected chi connectivity index (χ0v) is 19.5. The zero-order chi connectivity index (χ0) is 24.1. The van der Waals surface area contributed by atoms with Gasteiger partial charge in [-0.15, -0.1) is 0 Å². The maximum Gasteiger partial charge on any atom is 0.326 e. The Kier molecular flexibility index (Phi) is 8.35. The number of nitrogens with one attached hydrogen (secondary N) is 3. The predicted molar refractivity (Wildman–Crippen MR) is 125 cm³/mol. The van der Waals surface area contributed by atoms with Gasteiger partial charge >= 0.3 is 12.0 Å². The topological polar surface area (TPSA) is 117 Å². The fourth-order valence-corrected chi connectivity index (χ4v) is 3.22. The maximum absolute atomic E-state index is 12.5. The highest BCUT2D eigenvalue weighted by atomic mass is 35.5. The summed E-state index contributed by atoms with van der Waals surface area (Å²) in [6.07, 6.45) is 0. The number of benzene rings is 2. The average Bonchev–Trinajstić information content (AvgIpc) is 2.65. The summed E-state index contributed by atoms with van der Waals surface area (Å²) in [5, 5.41) is 17.8. The van der Waals surface area contributed by atoms with E-state index >= 15 is 0 Å². The molecule has 0 aliphatic carbocycles. The lowest BCUT2D eigenvalue weighted by molar-refractivity contribution is -0.146. The first kappa shape index (κ1) is 25.3. The summed E-state index contributed by atoms with van der Waals surface area (Å²) in [5.41, 5.74) is -0.398. The van der Waals surface area contributed by atoms with Gasteiger partial charge in [-0.25, -0.2) is 9.59 Å². The van der Waals surface area contributed by atoms with Crippen molar-refractivity contribution >= 4 is 52.5 Å². The fourth-order valence-electron chi connectivity index (χ4n) is 2.70. The van der Waals surface area contributed by atoms with Gasteiger partial charge < -0.3 is 25.8 Å². The third kappa shape index (κ3) is 7.32. The van der Waals surface area contributed by atoms with Gasteiger partial charge in [0.15, 0.2) is 5.60 Å². The number of amides is 3. The van der Waals surface area contributed by atoms with Crippen LogP contribution in [0.1, 0.15) is 27.7 Å². The molecular formula is C22H25Cl2N3O5. The van der Waals surface area contributed by atoms with Crippen molar-refractivity contribution in [2.24, 2.45) is 5.92 Å². The van der Waals surface area contributed by atoms with Crippen molar-refractivity contribution < 1.29 is 24.2 Å². The van der Waals surface area contributed by atoms with E-state index in [4.69, 9.17) is 27.9 Å². The quantitative estimate of drug-likeness (QED) is 0.422. The number of hydrogen-bond acceptors (Lipinski definition) is 4. The molecule has 0 saturated carbocycles. The van der Waals surface area contributed by atoms with Gasteiger partial charge in [0.2, 0.25) is 0 Å². The SMILES string of the molecule is CC(C)[C@H](NC(=O)C(C)(C)Oc1ccc(NC(=O)Nc2cc(Cl)cc(Cl)c2)cc1)C(=O)O. The monoisotopic (exact) mass is 481 g/mol. The Labute approximate surface area is 196 Å². The number of hydrogen-bond donors (Lipinski definition) is 4. The molecule has 172 valence electrons. The van der Waals surface area contributed by atoms with Crippen molar-refractivity contribution in [2.75, 3.05) is 10.6 Å². The lowest BCUT2D eigenvalue weighted by Gasteiger charge is -2.28. The van der Waals surface area contributed by atoms with Crippen molar-refractivity contribution in [3.8, 4) is 5.75 Å². The molecule has 2 aromatic carbocycles. The smallest absolute Gasteiger partial charge is 0.326 e. The summed E-state index contributed by atoms with van der Waals surface area (Å²) in [7, 11) is 0. The number of carbonyl (C=O) groups is 3. The molecule has 0 unspecified atom stereocenters. The normalized spacial score (nSPS) is 12.1. The molecule has 2 rings (SSSR count). The van der Waals surface area contributed by atoms with E-state index in [2.05, 4.69) is 16.0 Å². The molecule has 0 heterocycles. The Morgan fingerprint density at radius 3 is 1.97 bits per heavy atom. The summed E-state index contributed by atoms with van der Waals surface area (Å²) in [6, 6.07) is 9.52. The minimum absolute atomic E-state index is 0.285. The van der Waals surface area contributed by atoms with Crippen LogP contribution in [0.2, 0.25) is 10.0 Å². The van der Waals surface area contributed by atoms with Crippen LogP contribution >= 0.6 is 23.2 Å². The van der Waals surface area contributed by atoms with Crippen LogP contribution < -0.4 is 20.7 Å². The highest BCUT2D eigenvalue weighted by Crippen LogP contribution is 2.24. The molecule has 32 heavy (non-hydrogen) atoms. The summed E-state index contributed by atoms with van der Waals surface area (Å²) in [4.78, 5) is 36.0. The van der Waals surface area contributed by atoms with Crippen molar-refractivity contribution in [1.29, 1.82) is 0 Å². The standard InChI is InChI=1S/C22H25Cl2N3O5/c1-12(2)18(19(28)29)27-20(30)22(3,4)32-17-7-5-15(6-8-17)25-21(31)26-16-10-13(23)9-14(24)11-16/h5-12,18H,1-4H3,(H,27,30)(H,28,29)(H2,25,26,31)/t18-/m0/s1. The number of aliphatic carboxylic acids is 1. The largest absolute Gasteiger partial charge is 0.480 e. The molecule has 0 radical (unpaired) electrons. The maximum atomic E-state index is 12.5. The second-order valence-corrected chi connectivity index (χ2v) is 8.78.